The van der Waals surface area contributed by atoms with Gasteiger partial charge >= 0.3 is 0 Å². The summed E-state index contributed by atoms with van der Waals surface area (Å²) in [6, 6.07) is 8.43. The van der Waals surface area contributed by atoms with Gasteiger partial charge in [-0.25, -0.2) is 0 Å². The number of aliphatic hydroxyl groups is 9. The first kappa shape index (κ1) is 29.2. The van der Waals surface area contributed by atoms with Crippen molar-refractivity contribution in [2.75, 3.05) is 19.8 Å². The Morgan fingerprint density at radius 2 is 1.50 bits per heavy atom. The van der Waals surface area contributed by atoms with Crippen LogP contribution in [0, 0.1) is 0 Å². The number of ether oxygens (including phenoxy) is 3. The van der Waals surface area contributed by atoms with E-state index in [9.17, 15) is 35.2 Å². The minimum absolute atomic E-state index is 0.485. The van der Waals surface area contributed by atoms with Gasteiger partial charge in [-0.15, -0.1) is 0 Å². The van der Waals surface area contributed by atoms with Crippen molar-refractivity contribution in [2.45, 2.75) is 60.6 Å². The number of hydrogen-bond acceptors (Lipinski definition) is 13. The van der Waals surface area contributed by atoms with Crippen molar-refractivity contribution in [3.63, 3.8) is 0 Å². The number of benzene rings is 1. The summed E-state index contributed by atoms with van der Waals surface area (Å²) in [5.74, 6) is -3.44. The quantitative estimate of drug-likeness (QED) is 0.155. The Morgan fingerprint density at radius 3 is 1.97 bits per heavy atom. The van der Waals surface area contributed by atoms with Crippen LogP contribution >= 0.6 is 8.03 Å². The average molecular weight is 514 g/mol. The smallest absolute Gasteiger partial charge is 0.224 e. The lowest BCUT2D eigenvalue weighted by atomic mass is 9.99. The highest BCUT2D eigenvalue weighted by Gasteiger charge is 2.58. The van der Waals surface area contributed by atoms with Gasteiger partial charge in [0.2, 0.25) is 13.8 Å². The summed E-state index contributed by atoms with van der Waals surface area (Å²) in [5, 5.41) is 85.7. The standard InChI is InChI=1S/C12H22O11.C7H9O3P/c13-1-4-6(16)8(18)9(19)11(21-4)23-12(3-15)10(20)7(17)5(2-14)22-12;8-7(11(9)10)6-4-2-1-3-5-6/h4-11,13-20H,1-3H2;1-5,7-8,11H,(H,9,10)/t4-,5-,6-,7-,8+,9-,10+,11-,12+;/m1./s1. The fourth-order valence-electron chi connectivity index (χ4n) is 3.41. The van der Waals surface area contributed by atoms with Crippen molar-refractivity contribution >= 4 is 8.03 Å². The van der Waals surface area contributed by atoms with E-state index < -0.39 is 88.5 Å². The van der Waals surface area contributed by atoms with Gasteiger partial charge in [-0.1, -0.05) is 30.3 Å². The van der Waals surface area contributed by atoms with Gasteiger partial charge in [0.25, 0.3) is 0 Å². The Balaban J connectivity index is 0.000000310. The van der Waals surface area contributed by atoms with Crippen molar-refractivity contribution < 1.29 is 69.6 Å². The van der Waals surface area contributed by atoms with Crippen LogP contribution in [0.2, 0.25) is 0 Å². The van der Waals surface area contributed by atoms with E-state index in [0.29, 0.717) is 5.56 Å². The second-order valence-electron chi connectivity index (χ2n) is 7.71. The molecule has 0 bridgehead atoms. The monoisotopic (exact) mass is 514 g/mol. The Labute approximate surface area is 194 Å². The van der Waals surface area contributed by atoms with Crippen LogP contribution in [-0.2, 0) is 18.8 Å². The zero-order chi connectivity index (χ0) is 25.6. The third kappa shape index (κ3) is 6.37. The molecule has 0 spiro atoms. The molecular weight excluding hydrogens is 483 g/mol. The SMILES string of the molecule is O=[PH](O)C(O)c1ccccc1.OC[C@H]1O[C@@](CO)(O[C@H]2O[C@H](CO)[C@@H](O)[C@H](O)[C@H]2O)[C@@H](O)[C@@H]1O. The first-order valence-electron chi connectivity index (χ1n) is 10.2. The van der Waals surface area contributed by atoms with Crippen molar-refractivity contribution in [3.8, 4) is 0 Å². The zero-order valence-electron chi connectivity index (χ0n) is 17.8. The topological polar surface area (TPSA) is 247 Å². The van der Waals surface area contributed by atoms with E-state index in [1.54, 1.807) is 30.3 Å². The van der Waals surface area contributed by atoms with Crippen LogP contribution in [0.15, 0.2) is 30.3 Å². The summed E-state index contributed by atoms with van der Waals surface area (Å²) in [6.45, 7) is -2.32. The minimum atomic E-state index is -2.86. The summed E-state index contributed by atoms with van der Waals surface area (Å²) in [4.78, 5) is 8.57. The van der Waals surface area contributed by atoms with Crippen LogP contribution in [-0.4, -0.2) is 125 Å². The predicted octanol–water partition coefficient (Wildman–Crippen LogP) is -4.25. The first-order chi connectivity index (χ1) is 16.0. The molecule has 2 heterocycles. The second kappa shape index (κ2) is 12.8. The van der Waals surface area contributed by atoms with Crippen LogP contribution in [0.25, 0.3) is 0 Å². The Morgan fingerprint density at radius 1 is 0.912 bits per heavy atom. The van der Waals surface area contributed by atoms with E-state index in [0.717, 1.165) is 0 Å². The molecule has 10 N–H and O–H groups in total. The van der Waals surface area contributed by atoms with Gasteiger partial charge in [0.15, 0.2) is 12.1 Å². The Bertz CT molecular complexity index is 769. The maximum Gasteiger partial charge on any atom is 0.224 e. The van der Waals surface area contributed by atoms with Gasteiger partial charge in [0.1, 0.15) is 49.3 Å². The molecule has 0 amide bonds. The molecule has 0 saturated carbocycles. The van der Waals surface area contributed by atoms with Gasteiger partial charge in [-0.05, 0) is 5.56 Å². The molecule has 0 aromatic heterocycles. The molecule has 1 aromatic rings. The van der Waals surface area contributed by atoms with E-state index in [4.69, 9.17) is 34.4 Å². The summed E-state index contributed by atoms with van der Waals surface area (Å²) in [7, 11) is -2.86. The van der Waals surface area contributed by atoms with Gasteiger partial charge in [-0.3, -0.25) is 4.57 Å². The highest BCUT2D eigenvalue weighted by Crippen LogP contribution is 2.36. The second-order valence-corrected chi connectivity index (χ2v) is 8.93. The van der Waals surface area contributed by atoms with Crippen molar-refractivity contribution in [2.24, 2.45) is 0 Å². The minimum Gasteiger partial charge on any atom is -0.394 e. The molecule has 2 unspecified atom stereocenters. The van der Waals surface area contributed by atoms with E-state index in [-0.39, 0.29) is 0 Å². The summed E-state index contributed by atoms with van der Waals surface area (Å²) in [5.41, 5.74) is 0.485. The van der Waals surface area contributed by atoms with E-state index in [1.165, 1.54) is 0 Å². The third-order valence-electron chi connectivity index (χ3n) is 5.42. The van der Waals surface area contributed by atoms with Crippen molar-refractivity contribution in [3.05, 3.63) is 35.9 Å². The maximum absolute atomic E-state index is 10.4. The molecule has 3 rings (SSSR count). The van der Waals surface area contributed by atoms with Gasteiger partial charge in [0, 0.05) is 0 Å². The molecule has 196 valence electrons. The molecule has 14 nitrogen and oxygen atoms in total. The summed E-state index contributed by atoms with van der Waals surface area (Å²) < 4.78 is 25.9. The zero-order valence-corrected chi connectivity index (χ0v) is 18.8. The number of rotatable bonds is 7. The van der Waals surface area contributed by atoms with Crippen LogP contribution in [0.4, 0.5) is 0 Å². The predicted molar refractivity (Wildman–Crippen MR) is 111 cm³/mol. The lowest BCUT2D eigenvalue weighted by Gasteiger charge is -2.43. The lowest BCUT2D eigenvalue weighted by molar-refractivity contribution is -0.383. The largest absolute Gasteiger partial charge is 0.394 e. The van der Waals surface area contributed by atoms with Crippen LogP contribution in [0.3, 0.4) is 0 Å². The number of hydrogen-bond donors (Lipinski definition) is 10. The van der Waals surface area contributed by atoms with E-state index in [1.807, 2.05) is 0 Å². The van der Waals surface area contributed by atoms with Crippen molar-refractivity contribution in [1.29, 1.82) is 0 Å². The van der Waals surface area contributed by atoms with Crippen LogP contribution in [0.1, 0.15) is 11.4 Å². The molecular formula is C19H31O14P. The lowest BCUT2D eigenvalue weighted by Crippen LogP contribution is -2.62. The van der Waals surface area contributed by atoms with E-state index in [2.05, 4.69) is 0 Å². The third-order valence-corrected chi connectivity index (χ3v) is 6.22. The summed E-state index contributed by atoms with van der Waals surface area (Å²) >= 11 is 0. The Kier molecular flexibility index (Phi) is 10.9. The molecule has 2 fully saturated rings. The molecule has 15 heteroatoms. The highest BCUT2D eigenvalue weighted by molar-refractivity contribution is 7.38. The molecule has 11 atom stereocenters. The molecule has 2 aliphatic heterocycles. The first-order valence-corrected chi connectivity index (χ1v) is 11.7. The molecule has 1 aromatic carbocycles. The average Bonchev–Trinajstić information content (AvgIpc) is 3.09. The molecule has 2 aliphatic rings. The molecule has 34 heavy (non-hydrogen) atoms. The van der Waals surface area contributed by atoms with Gasteiger partial charge in [-0.2, -0.15) is 0 Å². The Hall–Kier alpha value is -1.07. The summed E-state index contributed by atoms with van der Waals surface area (Å²) in [6.07, 6.45) is -12.7. The fourth-order valence-corrected chi connectivity index (χ4v) is 3.89. The molecule has 2 saturated heterocycles. The molecule has 0 aliphatic carbocycles. The van der Waals surface area contributed by atoms with Crippen molar-refractivity contribution in [1.82, 2.24) is 0 Å². The fraction of sp³-hybridized carbons (Fsp3) is 0.684. The van der Waals surface area contributed by atoms with Gasteiger partial charge < -0.3 is 65.1 Å². The van der Waals surface area contributed by atoms with E-state index >= 15 is 0 Å². The van der Waals surface area contributed by atoms with Gasteiger partial charge in [0.05, 0.1) is 13.2 Å². The molecule has 0 radical (unpaired) electrons. The maximum atomic E-state index is 10.4. The van der Waals surface area contributed by atoms with Crippen LogP contribution in [0.5, 0.6) is 0 Å². The number of aliphatic hydroxyl groups excluding tert-OH is 9. The normalized spacial score (nSPS) is 39.7. The highest BCUT2D eigenvalue weighted by atomic mass is 31.1. The van der Waals surface area contributed by atoms with Crippen LogP contribution < -0.4 is 0 Å².